The summed E-state index contributed by atoms with van der Waals surface area (Å²) in [7, 11) is -3.53. The number of benzene rings is 2. The second-order valence-corrected chi connectivity index (χ2v) is 6.56. The highest BCUT2D eigenvalue weighted by Crippen LogP contribution is 2.18. The second-order valence-electron chi connectivity index (χ2n) is 4.99. The van der Waals surface area contributed by atoms with Gasteiger partial charge in [-0.15, -0.1) is 0 Å². The Bertz CT molecular complexity index is 684. The van der Waals surface area contributed by atoms with Gasteiger partial charge in [-0.05, 0) is 23.3 Å². The Balaban J connectivity index is 1.86. The molecule has 2 aromatic rings. The van der Waals surface area contributed by atoms with Crippen molar-refractivity contribution < 1.29 is 17.7 Å². The van der Waals surface area contributed by atoms with Crippen LogP contribution in [-0.4, -0.2) is 26.3 Å². The Morgan fingerprint density at radius 1 is 1.09 bits per heavy atom. The Morgan fingerprint density at radius 3 is 2.32 bits per heavy atom. The Labute approximate surface area is 130 Å². The van der Waals surface area contributed by atoms with E-state index < -0.39 is 16.2 Å². The first-order chi connectivity index (χ1) is 10.4. The molecule has 1 atom stereocenters. The molecular weight excluding hydrogens is 302 g/mol. The Hall–Kier alpha value is -1.89. The molecule has 0 aliphatic rings. The lowest BCUT2D eigenvalue weighted by molar-refractivity contribution is 0.174. The van der Waals surface area contributed by atoms with Crippen LogP contribution < -0.4 is 9.50 Å². The summed E-state index contributed by atoms with van der Waals surface area (Å²) >= 11 is 0. The van der Waals surface area contributed by atoms with Gasteiger partial charge in [0.05, 0.1) is 12.4 Å². The van der Waals surface area contributed by atoms with Gasteiger partial charge in [0, 0.05) is 13.1 Å². The van der Waals surface area contributed by atoms with Crippen LogP contribution in [-0.2, 0) is 16.7 Å². The van der Waals surface area contributed by atoms with E-state index in [4.69, 9.17) is 4.18 Å². The lowest BCUT2D eigenvalue weighted by Gasteiger charge is -2.13. The van der Waals surface area contributed by atoms with Crippen LogP contribution in [0.1, 0.15) is 17.2 Å². The first kappa shape index (κ1) is 16.5. The summed E-state index contributed by atoms with van der Waals surface area (Å²) in [5.74, 6) is 0.232. The molecule has 0 bridgehead atoms. The van der Waals surface area contributed by atoms with Crippen molar-refractivity contribution in [3.05, 3.63) is 65.7 Å². The van der Waals surface area contributed by atoms with E-state index in [0.717, 1.165) is 11.8 Å². The molecule has 0 aliphatic carbocycles. The second kappa shape index (κ2) is 7.40. The molecule has 0 heterocycles. The number of aliphatic hydroxyl groups is 1. The minimum atomic E-state index is -3.53. The number of rotatable bonds is 7. The number of nitrogens with one attached hydrogen (secondary N) is 1. The van der Waals surface area contributed by atoms with E-state index in [-0.39, 0.29) is 5.75 Å². The topological polar surface area (TPSA) is 75.6 Å². The first-order valence-corrected chi connectivity index (χ1v) is 8.68. The molecule has 5 nitrogen and oxygen atoms in total. The van der Waals surface area contributed by atoms with Crippen LogP contribution in [0.2, 0.25) is 0 Å². The lowest BCUT2D eigenvalue weighted by atomic mass is 10.1. The lowest BCUT2D eigenvalue weighted by Crippen LogP contribution is -2.21. The molecule has 0 saturated heterocycles. The molecule has 0 spiro atoms. The van der Waals surface area contributed by atoms with Gasteiger partial charge in [-0.1, -0.05) is 42.5 Å². The summed E-state index contributed by atoms with van der Waals surface area (Å²) in [6, 6.07) is 16.3. The molecule has 2 aromatic carbocycles. The molecule has 0 saturated carbocycles. The van der Waals surface area contributed by atoms with Crippen molar-refractivity contribution in [2.45, 2.75) is 12.6 Å². The molecule has 0 aromatic heterocycles. The average Bonchev–Trinajstić information content (AvgIpc) is 2.47. The van der Waals surface area contributed by atoms with Gasteiger partial charge in [-0.25, -0.2) is 0 Å². The van der Waals surface area contributed by atoms with E-state index in [9.17, 15) is 13.5 Å². The minimum Gasteiger partial charge on any atom is -0.387 e. The molecule has 0 fully saturated rings. The fraction of sp³-hybridized carbons (Fsp3) is 0.250. The van der Waals surface area contributed by atoms with E-state index >= 15 is 0 Å². The van der Waals surface area contributed by atoms with E-state index in [0.29, 0.717) is 18.7 Å². The van der Waals surface area contributed by atoms with Crippen molar-refractivity contribution in [2.75, 3.05) is 12.8 Å². The highest BCUT2D eigenvalue weighted by Gasteiger charge is 2.09. The van der Waals surface area contributed by atoms with E-state index in [1.165, 1.54) is 12.1 Å². The van der Waals surface area contributed by atoms with Crippen LogP contribution in [0.5, 0.6) is 5.75 Å². The van der Waals surface area contributed by atoms with Crippen LogP contribution in [0.4, 0.5) is 0 Å². The summed E-state index contributed by atoms with van der Waals surface area (Å²) in [4.78, 5) is 0. The van der Waals surface area contributed by atoms with E-state index in [1.807, 2.05) is 30.3 Å². The average molecular weight is 321 g/mol. The van der Waals surface area contributed by atoms with E-state index in [1.54, 1.807) is 12.1 Å². The zero-order valence-electron chi connectivity index (χ0n) is 12.3. The van der Waals surface area contributed by atoms with Crippen molar-refractivity contribution in [3.8, 4) is 5.75 Å². The molecule has 22 heavy (non-hydrogen) atoms. The van der Waals surface area contributed by atoms with Gasteiger partial charge in [0.25, 0.3) is 0 Å². The van der Waals surface area contributed by atoms with Crippen LogP contribution in [0.3, 0.4) is 0 Å². The van der Waals surface area contributed by atoms with Gasteiger partial charge in [-0.3, -0.25) is 0 Å². The number of aliphatic hydroxyl groups excluding tert-OH is 1. The third-order valence-electron chi connectivity index (χ3n) is 3.02. The third-order valence-corrected chi connectivity index (χ3v) is 3.52. The third kappa shape index (κ3) is 5.48. The molecule has 2 rings (SSSR count). The van der Waals surface area contributed by atoms with Gasteiger partial charge >= 0.3 is 10.1 Å². The molecular formula is C16H19NO4S. The largest absolute Gasteiger partial charge is 0.387 e. The quantitative estimate of drug-likeness (QED) is 0.761. The molecule has 6 heteroatoms. The number of hydrogen-bond donors (Lipinski definition) is 2. The maximum atomic E-state index is 11.0. The maximum Gasteiger partial charge on any atom is 0.306 e. The van der Waals surface area contributed by atoms with Crippen LogP contribution >= 0.6 is 0 Å². The summed E-state index contributed by atoms with van der Waals surface area (Å²) < 4.78 is 26.8. The zero-order valence-corrected chi connectivity index (χ0v) is 13.1. The van der Waals surface area contributed by atoms with Crippen molar-refractivity contribution in [3.63, 3.8) is 0 Å². The summed E-state index contributed by atoms with van der Waals surface area (Å²) in [5, 5.41) is 13.3. The Morgan fingerprint density at radius 2 is 1.73 bits per heavy atom. The van der Waals surface area contributed by atoms with Gasteiger partial charge < -0.3 is 14.6 Å². The molecule has 0 unspecified atom stereocenters. The fourth-order valence-electron chi connectivity index (χ4n) is 1.99. The molecule has 0 amide bonds. The van der Waals surface area contributed by atoms with Crippen LogP contribution in [0, 0.1) is 0 Å². The standard InChI is InChI=1S/C16H19NO4S/c1-22(19,20)21-15-9-7-14(8-10-15)16(18)12-17-11-13-5-3-2-4-6-13/h2-10,16-18H,11-12H2,1H3/t16-/m1/s1. The SMILES string of the molecule is CS(=O)(=O)Oc1ccc([C@H](O)CNCc2ccccc2)cc1. The monoisotopic (exact) mass is 321 g/mol. The summed E-state index contributed by atoms with van der Waals surface area (Å²) in [6.45, 7) is 1.08. The van der Waals surface area contributed by atoms with Gasteiger partial charge in [0.1, 0.15) is 5.75 Å². The summed E-state index contributed by atoms with van der Waals surface area (Å²) in [6.07, 6.45) is 0.319. The molecule has 2 N–H and O–H groups in total. The van der Waals surface area contributed by atoms with Crippen molar-refractivity contribution >= 4 is 10.1 Å². The fourth-order valence-corrected chi connectivity index (χ4v) is 2.45. The molecule has 0 radical (unpaired) electrons. The first-order valence-electron chi connectivity index (χ1n) is 6.86. The Kier molecular flexibility index (Phi) is 5.54. The zero-order chi connectivity index (χ0) is 16.0. The van der Waals surface area contributed by atoms with Crippen molar-refractivity contribution in [1.82, 2.24) is 5.32 Å². The van der Waals surface area contributed by atoms with Crippen LogP contribution in [0.25, 0.3) is 0 Å². The predicted molar refractivity (Wildman–Crippen MR) is 85.0 cm³/mol. The summed E-state index contributed by atoms with van der Waals surface area (Å²) in [5.41, 5.74) is 1.84. The normalized spacial score (nSPS) is 12.8. The van der Waals surface area contributed by atoms with Crippen molar-refractivity contribution in [2.24, 2.45) is 0 Å². The van der Waals surface area contributed by atoms with E-state index in [2.05, 4.69) is 5.32 Å². The number of hydrogen-bond acceptors (Lipinski definition) is 5. The molecule has 0 aliphatic heterocycles. The minimum absolute atomic E-state index is 0.232. The van der Waals surface area contributed by atoms with Gasteiger partial charge in [0.15, 0.2) is 0 Å². The van der Waals surface area contributed by atoms with Gasteiger partial charge in [-0.2, -0.15) is 8.42 Å². The van der Waals surface area contributed by atoms with Crippen LogP contribution in [0.15, 0.2) is 54.6 Å². The highest BCUT2D eigenvalue weighted by atomic mass is 32.2. The van der Waals surface area contributed by atoms with Crippen molar-refractivity contribution in [1.29, 1.82) is 0 Å². The maximum absolute atomic E-state index is 11.0. The predicted octanol–water partition coefficient (Wildman–Crippen LogP) is 1.85. The molecule has 118 valence electrons. The smallest absolute Gasteiger partial charge is 0.306 e. The highest BCUT2D eigenvalue weighted by molar-refractivity contribution is 7.86. The van der Waals surface area contributed by atoms with Gasteiger partial charge in [0.2, 0.25) is 0 Å².